The zero-order chi connectivity index (χ0) is 13.3. The molecule has 1 amide bonds. The second kappa shape index (κ2) is 8.00. The van der Waals surface area contributed by atoms with Gasteiger partial charge >= 0.3 is 0 Å². The lowest BCUT2D eigenvalue weighted by atomic mass is 9.82. The number of carbonyl (C=O) groups is 1. The molecule has 2 aliphatic heterocycles. The lowest BCUT2D eigenvalue weighted by molar-refractivity contribution is -0.131. The van der Waals surface area contributed by atoms with Crippen molar-refractivity contribution in [3.63, 3.8) is 0 Å². The molecule has 0 aromatic carbocycles. The molecule has 2 heterocycles. The minimum Gasteiger partial charge on any atom is -0.355 e. The molecule has 2 unspecified atom stereocenters. The smallest absolute Gasteiger partial charge is 0.227 e. The molecule has 0 aromatic heterocycles. The number of carbonyl (C=O) groups excluding carboxylic acids is 1. The average Bonchev–Trinajstić information content (AvgIpc) is 3.16. The van der Waals surface area contributed by atoms with Gasteiger partial charge in [-0.15, -0.1) is 24.8 Å². The summed E-state index contributed by atoms with van der Waals surface area (Å²) in [6.07, 6.45) is 6.17. The van der Waals surface area contributed by atoms with E-state index in [2.05, 4.69) is 22.5 Å². The van der Waals surface area contributed by atoms with Gasteiger partial charge in [0.05, 0.1) is 5.41 Å². The molecule has 0 aromatic rings. The first-order valence-electron chi connectivity index (χ1n) is 7.90. The third-order valence-electron chi connectivity index (χ3n) is 5.08. The highest BCUT2D eigenvalue weighted by Crippen LogP contribution is 2.31. The summed E-state index contributed by atoms with van der Waals surface area (Å²) < 4.78 is 0. The number of halogens is 2. The van der Waals surface area contributed by atoms with E-state index >= 15 is 0 Å². The maximum atomic E-state index is 12.3. The number of likely N-dealkylation sites (tertiary alicyclic amines) is 1. The minimum atomic E-state index is -0.187. The van der Waals surface area contributed by atoms with Crippen molar-refractivity contribution in [3.05, 3.63) is 0 Å². The Morgan fingerprint density at radius 3 is 2.71 bits per heavy atom. The summed E-state index contributed by atoms with van der Waals surface area (Å²) in [5, 5.41) is 6.55. The first kappa shape index (κ1) is 19.0. The van der Waals surface area contributed by atoms with Crippen molar-refractivity contribution >= 4 is 30.7 Å². The van der Waals surface area contributed by atoms with Crippen molar-refractivity contribution in [1.29, 1.82) is 0 Å². The van der Waals surface area contributed by atoms with Gasteiger partial charge < -0.3 is 15.5 Å². The topological polar surface area (TPSA) is 44.4 Å². The number of hydrogen-bond donors (Lipinski definition) is 2. The number of nitrogens with zero attached hydrogens (tertiary/aromatic N) is 1. The van der Waals surface area contributed by atoms with E-state index in [-0.39, 0.29) is 36.1 Å². The zero-order valence-corrected chi connectivity index (χ0v) is 14.5. The summed E-state index contributed by atoms with van der Waals surface area (Å²) in [6.45, 7) is 7.29. The van der Waals surface area contributed by atoms with Crippen LogP contribution in [0.15, 0.2) is 0 Å². The van der Waals surface area contributed by atoms with Crippen molar-refractivity contribution in [2.45, 2.75) is 45.1 Å². The van der Waals surface area contributed by atoms with Gasteiger partial charge in [0.1, 0.15) is 0 Å². The highest BCUT2D eigenvalue weighted by molar-refractivity contribution is 5.85. The maximum absolute atomic E-state index is 12.3. The second-order valence-corrected chi connectivity index (χ2v) is 6.93. The third-order valence-corrected chi connectivity index (χ3v) is 5.08. The monoisotopic (exact) mass is 337 g/mol. The van der Waals surface area contributed by atoms with Gasteiger partial charge in [-0.05, 0) is 58.0 Å². The lowest BCUT2D eigenvalue weighted by Crippen LogP contribution is -2.49. The summed E-state index contributed by atoms with van der Waals surface area (Å²) >= 11 is 0. The van der Waals surface area contributed by atoms with E-state index in [0.29, 0.717) is 5.92 Å². The molecule has 2 N–H and O–H groups in total. The largest absolute Gasteiger partial charge is 0.355 e. The second-order valence-electron chi connectivity index (χ2n) is 6.93. The number of amides is 1. The Labute approximate surface area is 140 Å². The molecule has 4 nitrogen and oxygen atoms in total. The minimum absolute atomic E-state index is 0. The van der Waals surface area contributed by atoms with Crippen LogP contribution in [0.4, 0.5) is 0 Å². The first-order chi connectivity index (χ1) is 9.17. The maximum Gasteiger partial charge on any atom is 0.227 e. The van der Waals surface area contributed by atoms with Crippen LogP contribution in [0.25, 0.3) is 0 Å². The quantitative estimate of drug-likeness (QED) is 0.822. The normalized spacial score (nSPS) is 32.9. The Morgan fingerprint density at radius 1 is 1.33 bits per heavy atom. The molecule has 1 aliphatic carbocycles. The molecule has 0 spiro atoms. The van der Waals surface area contributed by atoms with Gasteiger partial charge in [-0.25, -0.2) is 0 Å². The standard InChI is InChI=1S/C15H27N3O.2ClH/c1-15(6-2-7-16-11-15)14(19)17-9-12-5-8-18(10-12)13-3-4-13;;/h12-13,16H,2-11H2,1H3,(H,17,19);2*1H. The summed E-state index contributed by atoms with van der Waals surface area (Å²) in [5.41, 5.74) is -0.187. The molecule has 21 heavy (non-hydrogen) atoms. The van der Waals surface area contributed by atoms with Crippen molar-refractivity contribution in [1.82, 2.24) is 15.5 Å². The van der Waals surface area contributed by atoms with Crippen LogP contribution in [-0.2, 0) is 4.79 Å². The molecular formula is C15H29Cl2N3O. The molecule has 2 atom stereocenters. The Hall–Kier alpha value is -0.0300. The fraction of sp³-hybridized carbons (Fsp3) is 0.933. The van der Waals surface area contributed by atoms with Crippen LogP contribution in [0.1, 0.15) is 39.0 Å². The van der Waals surface area contributed by atoms with Crippen molar-refractivity contribution in [3.8, 4) is 0 Å². The average molecular weight is 338 g/mol. The van der Waals surface area contributed by atoms with Gasteiger partial charge in [-0.2, -0.15) is 0 Å². The molecule has 3 fully saturated rings. The first-order valence-corrected chi connectivity index (χ1v) is 7.90. The van der Waals surface area contributed by atoms with Crippen LogP contribution >= 0.6 is 24.8 Å². The van der Waals surface area contributed by atoms with E-state index in [1.54, 1.807) is 0 Å². The molecule has 6 heteroatoms. The SMILES string of the molecule is CC1(C(=O)NCC2CCN(C3CC3)C2)CCCNC1.Cl.Cl. The van der Waals surface area contributed by atoms with Crippen LogP contribution < -0.4 is 10.6 Å². The molecule has 124 valence electrons. The van der Waals surface area contributed by atoms with E-state index < -0.39 is 0 Å². The van der Waals surface area contributed by atoms with Crippen LogP contribution in [-0.4, -0.2) is 49.6 Å². The zero-order valence-electron chi connectivity index (χ0n) is 12.9. The van der Waals surface area contributed by atoms with E-state index in [1.807, 2.05) is 0 Å². The van der Waals surface area contributed by atoms with Crippen LogP contribution in [0, 0.1) is 11.3 Å². The van der Waals surface area contributed by atoms with Gasteiger partial charge in [-0.3, -0.25) is 4.79 Å². The Morgan fingerprint density at radius 2 is 2.10 bits per heavy atom. The number of hydrogen-bond acceptors (Lipinski definition) is 3. The fourth-order valence-corrected chi connectivity index (χ4v) is 3.50. The van der Waals surface area contributed by atoms with E-state index in [1.165, 1.54) is 32.4 Å². The summed E-state index contributed by atoms with van der Waals surface area (Å²) in [7, 11) is 0. The molecule has 1 saturated carbocycles. The molecule has 0 radical (unpaired) electrons. The molecule has 3 aliphatic rings. The predicted octanol–water partition coefficient (Wildman–Crippen LogP) is 1.82. The fourth-order valence-electron chi connectivity index (χ4n) is 3.50. The van der Waals surface area contributed by atoms with Crippen LogP contribution in [0.2, 0.25) is 0 Å². The summed E-state index contributed by atoms with van der Waals surface area (Å²) in [4.78, 5) is 15.0. The molecule has 3 rings (SSSR count). The number of nitrogens with one attached hydrogen (secondary N) is 2. The van der Waals surface area contributed by atoms with Gasteiger partial charge in [0, 0.05) is 25.7 Å². The highest BCUT2D eigenvalue weighted by atomic mass is 35.5. The van der Waals surface area contributed by atoms with Gasteiger partial charge in [-0.1, -0.05) is 0 Å². The van der Waals surface area contributed by atoms with Crippen molar-refractivity contribution in [2.75, 3.05) is 32.7 Å². The predicted molar refractivity (Wildman–Crippen MR) is 90.4 cm³/mol. The summed E-state index contributed by atoms with van der Waals surface area (Å²) in [5.74, 6) is 0.925. The number of rotatable bonds is 4. The molecular weight excluding hydrogens is 309 g/mol. The van der Waals surface area contributed by atoms with Gasteiger partial charge in [0.15, 0.2) is 0 Å². The van der Waals surface area contributed by atoms with E-state index in [0.717, 1.165) is 38.5 Å². The lowest BCUT2D eigenvalue weighted by Gasteiger charge is -2.33. The van der Waals surface area contributed by atoms with Crippen LogP contribution in [0.3, 0.4) is 0 Å². The van der Waals surface area contributed by atoms with Crippen molar-refractivity contribution < 1.29 is 4.79 Å². The number of piperidine rings is 1. The Balaban J connectivity index is 0.00000110. The molecule has 2 saturated heterocycles. The Kier molecular flexibility index (Phi) is 7.25. The summed E-state index contributed by atoms with van der Waals surface area (Å²) in [6, 6.07) is 0.876. The Bertz CT molecular complexity index is 344. The van der Waals surface area contributed by atoms with Gasteiger partial charge in [0.25, 0.3) is 0 Å². The van der Waals surface area contributed by atoms with E-state index in [9.17, 15) is 4.79 Å². The van der Waals surface area contributed by atoms with Gasteiger partial charge in [0.2, 0.25) is 5.91 Å². The highest BCUT2D eigenvalue weighted by Gasteiger charge is 2.37. The van der Waals surface area contributed by atoms with Crippen LogP contribution in [0.5, 0.6) is 0 Å². The van der Waals surface area contributed by atoms with E-state index in [4.69, 9.17) is 0 Å². The molecule has 0 bridgehead atoms. The van der Waals surface area contributed by atoms with Crippen molar-refractivity contribution in [2.24, 2.45) is 11.3 Å². The third kappa shape index (κ3) is 4.72.